The summed E-state index contributed by atoms with van der Waals surface area (Å²) < 4.78 is 6.24. The smallest absolute Gasteiger partial charge is 0.248 e. The molecule has 1 aromatic heterocycles. The van der Waals surface area contributed by atoms with Crippen LogP contribution in [0.3, 0.4) is 0 Å². The van der Waals surface area contributed by atoms with Crippen molar-refractivity contribution in [2.75, 3.05) is 4.90 Å². The first-order valence-corrected chi connectivity index (χ1v) is 19.5. The highest BCUT2D eigenvalue weighted by molar-refractivity contribution is 7.01. The Morgan fingerprint density at radius 3 is 2.02 bits per heavy atom. The van der Waals surface area contributed by atoms with Crippen LogP contribution in [0, 0.1) is 0 Å². The fourth-order valence-corrected chi connectivity index (χ4v) is 10.3. The summed E-state index contributed by atoms with van der Waals surface area (Å²) in [6.45, 7) is 0.233. The highest BCUT2D eigenvalue weighted by atomic mass is 16.3. The molecule has 2 aliphatic heterocycles. The number of para-hydroxylation sites is 1. The maximum absolute atomic E-state index is 6.24. The molecule has 0 radical (unpaired) electrons. The molecule has 2 saturated carbocycles. The molecule has 51 heavy (non-hydrogen) atoms. The van der Waals surface area contributed by atoms with Crippen LogP contribution in [-0.4, -0.2) is 6.71 Å². The second-order valence-corrected chi connectivity index (χ2v) is 15.7. The third-order valence-corrected chi connectivity index (χ3v) is 12.9. The van der Waals surface area contributed by atoms with Gasteiger partial charge in [0.1, 0.15) is 11.2 Å². The molecule has 3 heteroatoms. The third kappa shape index (κ3) is 4.70. The second kappa shape index (κ2) is 11.8. The lowest BCUT2D eigenvalue weighted by molar-refractivity contribution is 0.443. The number of rotatable bonds is 4. The van der Waals surface area contributed by atoms with Crippen LogP contribution in [0.1, 0.15) is 87.2 Å². The van der Waals surface area contributed by atoms with Crippen molar-refractivity contribution in [3.8, 4) is 22.3 Å². The lowest BCUT2D eigenvalue weighted by Gasteiger charge is -2.37. The van der Waals surface area contributed by atoms with Gasteiger partial charge in [-0.05, 0) is 130 Å². The molecule has 0 unspecified atom stereocenters. The number of benzene rings is 6. The van der Waals surface area contributed by atoms with Gasteiger partial charge in [-0.15, -0.1) is 0 Å². The van der Waals surface area contributed by atoms with Gasteiger partial charge in [0.05, 0.1) is 0 Å². The Labute approximate surface area is 301 Å². The van der Waals surface area contributed by atoms with Crippen LogP contribution in [0.4, 0.5) is 17.1 Å². The molecular formula is C48H42BNO. The Balaban J connectivity index is 1.13. The first kappa shape index (κ1) is 29.7. The largest absolute Gasteiger partial charge is 0.456 e. The minimum absolute atomic E-state index is 0.233. The molecule has 7 aromatic rings. The van der Waals surface area contributed by atoms with E-state index in [1.165, 1.54) is 142 Å². The third-order valence-electron chi connectivity index (χ3n) is 12.9. The first-order chi connectivity index (χ1) is 25.3. The molecule has 0 amide bonds. The van der Waals surface area contributed by atoms with Gasteiger partial charge in [-0.1, -0.05) is 117 Å². The minimum atomic E-state index is 0.233. The van der Waals surface area contributed by atoms with Crippen molar-refractivity contribution in [1.29, 1.82) is 0 Å². The lowest BCUT2D eigenvalue weighted by Crippen LogP contribution is -2.54. The molecule has 0 N–H and O–H groups in total. The molecule has 0 saturated heterocycles. The SMILES string of the molecule is c1ccc2c(c1)B1c3cc(C4CCCCC4)ccc3N(c3ccc(C4CCCCC4)cc3)c3cc(-c4ccc5oc6ccccc6c5c4)cc-2c31. The van der Waals surface area contributed by atoms with Crippen molar-refractivity contribution < 1.29 is 4.42 Å². The number of hydrogen-bond acceptors (Lipinski definition) is 2. The van der Waals surface area contributed by atoms with Crippen molar-refractivity contribution in [1.82, 2.24) is 0 Å². The predicted octanol–water partition coefficient (Wildman–Crippen LogP) is 11.6. The van der Waals surface area contributed by atoms with Crippen molar-refractivity contribution >= 4 is 62.1 Å². The van der Waals surface area contributed by atoms with E-state index in [2.05, 4.69) is 126 Å². The summed E-state index contributed by atoms with van der Waals surface area (Å²) in [7, 11) is 0. The minimum Gasteiger partial charge on any atom is -0.456 e. The average Bonchev–Trinajstić information content (AvgIpc) is 3.75. The summed E-state index contributed by atoms with van der Waals surface area (Å²) in [5, 5.41) is 2.34. The topological polar surface area (TPSA) is 16.4 Å². The van der Waals surface area contributed by atoms with E-state index in [0.29, 0.717) is 11.8 Å². The fraction of sp³-hybridized carbons (Fsp3) is 0.250. The highest BCUT2D eigenvalue weighted by Crippen LogP contribution is 2.45. The molecule has 0 spiro atoms. The van der Waals surface area contributed by atoms with Crippen molar-refractivity contribution in [3.05, 3.63) is 132 Å². The Morgan fingerprint density at radius 2 is 1.20 bits per heavy atom. The van der Waals surface area contributed by atoms with Gasteiger partial charge < -0.3 is 9.32 Å². The average molecular weight is 660 g/mol. The Bertz CT molecular complexity index is 2460. The van der Waals surface area contributed by atoms with Crippen LogP contribution in [0.5, 0.6) is 0 Å². The summed E-state index contributed by atoms with van der Waals surface area (Å²) in [6.07, 6.45) is 13.5. The zero-order valence-corrected chi connectivity index (χ0v) is 29.2. The molecule has 0 atom stereocenters. The molecule has 6 aromatic carbocycles. The van der Waals surface area contributed by atoms with Gasteiger partial charge in [0, 0.05) is 27.8 Å². The zero-order chi connectivity index (χ0) is 33.5. The molecular weight excluding hydrogens is 617 g/mol. The standard InChI is InChI=1S/C48H42BNO/c1-3-11-31(12-4-1)33-19-23-37(24-20-33)50-44-25-21-35(32-13-5-2-6-14-32)29-43(44)49-42-17-9-7-15-38(42)41-28-36(30-45(50)48(41)49)34-22-26-47-40(27-34)39-16-8-10-18-46(39)51-47/h7-10,15-32H,1-6,11-14H2. The summed E-state index contributed by atoms with van der Waals surface area (Å²) in [4.78, 5) is 2.60. The fourth-order valence-electron chi connectivity index (χ4n) is 10.3. The van der Waals surface area contributed by atoms with Gasteiger partial charge in [-0.3, -0.25) is 0 Å². The van der Waals surface area contributed by atoms with Crippen LogP contribution in [-0.2, 0) is 0 Å². The Hall–Kier alpha value is -5.02. The number of nitrogens with zero attached hydrogens (tertiary/aromatic N) is 1. The highest BCUT2D eigenvalue weighted by Gasteiger charge is 2.43. The van der Waals surface area contributed by atoms with Gasteiger partial charge in [0.25, 0.3) is 0 Å². The van der Waals surface area contributed by atoms with Crippen LogP contribution in [0.25, 0.3) is 44.2 Å². The Kier molecular flexibility index (Phi) is 6.85. The summed E-state index contributed by atoms with van der Waals surface area (Å²) in [5.41, 5.74) is 18.4. The van der Waals surface area contributed by atoms with Gasteiger partial charge >= 0.3 is 0 Å². The molecule has 3 heterocycles. The van der Waals surface area contributed by atoms with Gasteiger partial charge in [-0.2, -0.15) is 0 Å². The number of anilines is 3. The van der Waals surface area contributed by atoms with Crippen molar-refractivity contribution in [2.24, 2.45) is 0 Å². The zero-order valence-electron chi connectivity index (χ0n) is 29.2. The van der Waals surface area contributed by atoms with E-state index in [0.717, 1.165) is 11.2 Å². The van der Waals surface area contributed by atoms with Gasteiger partial charge in [-0.25, -0.2) is 0 Å². The molecule has 248 valence electrons. The van der Waals surface area contributed by atoms with Gasteiger partial charge in [0.15, 0.2) is 0 Å². The quantitative estimate of drug-likeness (QED) is 0.175. The van der Waals surface area contributed by atoms with E-state index in [1.54, 1.807) is 0 Å². The van der Waals surface area contributed by atoms with E-state index in [9.17, 15) is 0 Å². The number of furan rings is 1. The van der Waals surface area contributed by atoms with Crippen LogP contribution in [0.2, 0.25) is 0 Å². The molecule has 2 aliphatic carbocycles. The van der Waals surface area contributed by atoms with E-state index in [4.69, 9.17) is 4.42 Å². The molecule has 2 fully saturated rings. The van der Waals surface area contributed by atoms with E-state index >= 15 is 0 Å². The maximum Gasteiger partial charge on any atom is 0.248 e. The molecule has 0 bridgehead atoms. The van der Waals surface area contributed by atoms with Crippen molar-refractivity contribution in [3.63, 3.8) is 0 Å². The summed E-state index contributed by atoms with van der Waals surface area (Å²) in [6, 6.07) is 46.5. The second-order valence-electron chi connectivity index (χ2n) is 15.7. The predicted molar refractivity (Wildman–Crippen MR) is 216 cm³/mol. The molecule has 11 rings (SSSR count). The number of hydrogen-bond donors (Lipinski definition) is 0. The Morgan fingerprint density at radius 1 is 0.490 bits per heavy atom. The van der Waals surface area contributed by atoms with Crippen molar-refractivity contribution in [2.45, 2.75) is 76.0 Å². The van der Waals surface area contributed by atoms with E-state index < -0.39 is 0 Å². The molecule has 2 nitrogen and oxygen atoms in total. The first-order valence-electron chi connectivity index (χ1n) is 19.5. The number of fused-ring (bicyclic) bond motifs is 8. The van der Waals surface area contributed by atoms with Gasteiger partial charge in [0.2, 0.25) is 6.71 Å². The molecule has 4 aliphatic rings. The maximum atomic E-state index is 6.24. The normalized spacial score (nSPS) is 17.2. The lowest BCUT2D eigenvalue weighted by atomic mass is 9.37. The monoisotopic (exact) mass is 659 g/mol. The summed E-state index contributed by atoms with van der Waals surface area (Å²) >= 11 is 0. The van der Waals surface area contributed by atoms with Crippen LogP contribution in [0.15, 0.2) is 126 Å². The van der Waals surface area contributed by atoms with Crippen LogP contribution < -0.4 is 21.3 Å². The van der Waals surface area contributed by atoms with Crippen LogP contribution >= 0.6 is 0 Å². The van der Waals surface area contributed by atoms with E-state index in [1.807, 2.05) is 0 Å². The van der Waals surface area contributed by atoms with E-state index in [-0.39, 0.29) is 6.71 Å². The summed E-state index contributed by atoms with van der Waals surface area (Å²) in [5.74, 6) is 1.36.